The first-order valence-electron chi connectivity index (χ1n) is 9.60. The molecule has 0 radical (unpaired) electrons. The molecule has 3 aromatic rings. The lowest BCUT2D eigenvalue weighted by molar-refractivity contribution is -0.121. The molecule has 1 aromatic heterocycles. The van der Waals surface area contributed by atoms with E-state index in [0.717, 1.165) is 16.9 Å². The number of carbonyl (C=O) groups excluding carboxylic acids is 3. The number of aromatic nitrogens is 1. The molecule has 0 spiro atoms. The smallest absolute Gasteiger partial charge is 0.220 e. The van der Waals surface area contributed by atoms with E-state index < -0.39 is 0 Å². The number of thiazole rings is 1. The van der Waals surface area contributed by atoms with E-state index >= 15 is 0 Å². The predicted molar refractivity (Wildman–Crippen MR) is 118 cm³/mol. The third-order valence-corrected chi connectivity index (χ3v) is 5.32. The molecule has 2 N–H and O–H groups in total. The van der Waals surface area contributed by atoms with Gasteiger partial charge in [0.05, 0.1) is 12.2 Å². The molecule has 1 amide bonds. The molecule has 2 aromatic carbocycles. The lowest BCUT2D eigenvalue weighted by Crippen LogP contribution is -2.23. The number of rotatable bonds is 9. The molecule has 7 heteroatoms. The van der Waals surface area contributed by atoms with Crippen LogP contribution in [0.1, 0.15) is 51.7 Å². The van der Waals surface area contributed by atoms with Crippen LogP contribution in [0.2, 0.25) is 0 Å². The summed E-state index contributed by atoms with van der Waals surface area (Å²) in [7, 11) is 0. The van der Waals surface area contributed by atoms with Crippen molar-refractivity contribution in [2.45, 2.75) is 33.2 Å². The fraction of sp³-hybridized carbons (Fsp3) is 0.217. The number of nitrogens with one attached hydrogen (secondary N) is 2. The van der Waals surface area contributed by atoms with Gasteiger partial charge < -0.3 is 10.6 Å². The van der Waals surface area contributed by atoms with E-state index in [0.29, 0.717) is 22.8 Å². The van der Waals surface area contributed by atoms with Gasteiger partial charge in [-0.15, -0.1) is 11.3 Å². The van der Waals surface area contributed by atoms with Gasteiger partial charge in [0, 0.05) is 35.0 Å². The fourth-order valence-corrected chi connectivity index (χ4v) is 3.48. The molecule has 0 saturated carbocycles. The highest BCUT2D eigenvalue weighted by Gasteiger charge is 2.10. The summed E-state index contributed by atoms with van der Waals surface area (Å²) in [4.78, 5) is 40.0. The van der Waals surface area contributed by atoms with Crippen molar-refractivity contribution < 1.29 is 14.4 Å². The standard InChI is InChI=1S/C23H23N3O3S/c1-15-3-5-18(6-4-15)21(28)11-12-22(29)24-13-20-14-30-23(26-20)25-19-9-7-17(8-10-19)16(2)27/h3-10,14H,11-13H2,1-2H3,(H,24,29)(H,25,26). The van der Waals surface area contributed by atoms with Gasteiger partial charge >= 0.3 is 0 Å². The number of nitrogens with zero attached hydrogens (tertiary/aromatic N) is 1. The van der Waals surface area contributed by atoms with Gasteiger partial charge in [-0.1, -0.05) is 29.8 Å². The van der Waals surface area contributed by atoms with Crippen molar-refractivity contribution in [3.8, 4) is 0 Å². The Balaban J connectivity index is 1.44. The molecule has 154 valence electrons. The lowest BCUT2D eigenvalue weighted by Gasteiger charge is -2.04. The number of Topliss-reactive ketones (excluding diaryl/α,β-unsaturated/α-hetero) is 2. The Bertz CT molecular complexity index is 1040. The molecular weight excluding hydrogens is 398 g/mol. The summed E-state index contributed by atoms with van der Waals surface area (Å²) in [6.45, 7) is 3.80. The summed E-state index contributed by atoms with van der Waals surface area (Å²) in [5.41, 5.74) is 3.94. The molecule has 3 rings (SSSR count). The number of anilines is 2. The number of aryl methyl sites for hydroxylation is 1. The van der Waals surface area contributed by atoms with Crippen molar-refractivity contribution >= 4 is 39.6 Å². The molecule has 0 bridgehead atoms. The Hall–Kier alpha value is -3.32. The maximum absolute atomic E-state index is 12.2. The molecule has 0 saturated heterocycles. The van der Waals surface area contributed by atoms with E-state index in [1.807, 2.05) is 36.6 Å². The molecular formula is C23H23N3O3S. The number of benzene rings is 2. The largest absolute Gasteiger partial charge is 0.350 e. The van der Waals surface area contributed by atoms with E-state index in [1.54, 1.807) is 24.3 Å². The summed E-state index contributed by atoms with van der Waals surface area (Å²) < 4.78 is 0. The van der Waals surface area contributed by atoms with Crippen molar-refractivity contribution in [3.05, 3.63) is 76.3 Å². The van der Waals surface area contributed by atoms with Gasteiger partial charge in [0.25, 0.3) is 0 Å². The highest BCUT2D eigenvalue weighted by atomic mass is 32.1. The molecule has 0 unspecified atom stereocenters. The van der Waals surface area contributed by atoms with Gasteiger partial charge in [0.1, 0.15) is 0 Å². The number of hydrogen-bond donors (Lipinski definition) is 2. The lowest BCUT2D eigenvalue weighted by atomic mass is 10.1. The number of ketones is 2. The van der Waals surface area contributed by atoms with Crippen LogP contribution in [-0.2, 0) is 11.3 Å². The summed E-state index contributed by atoms with van der Waals surface area (Å²) in [5.74, 6) is -0.201. The zero-order valence-electron chi connectivity index (χ0n) is 16.9. The SMILES string of the molecule is CC(=O)c1ccc(Nc2nc(CNC(=O)CCC(=O)c3ccc(C)cc3)cs2)cc1. The molecule has 0 atom stereocenters. The minimum atomic E-state index is -0.183. The first-order chi connectivity index (χ1) is 14.4. The number of hydrogen-bond acceptors (Lipinski definition) is 6. The van der Waals surface area contributed by atoms with Gasteiger partial charge in [-0.05, 0) is 38.1 Å². The topological polar surface area (TPSA) is 88.2 Å². The van der Waals surface area contributed by atoms with Gasteiger partial charge in [-0.3, -0.25) is 14.4 Å². The Kier molecular flexibility index (Phi) is 7.08. The highest BCUT2D eigenvalue weighted by Crippen LogP contribution is 2.21. The van der Waals surface area contributed by atoms with E-state index in [1.165, 1.54) is 18.3 Å². The first kappa shape index (κ1) is 21.4. The van der Waals surface area contributed by atoms with Crippen LogP contribution in [0.3, 0.4) is 0 Å². The van der Waals surface area contributed by atoms with Gasteiger partial charge in [-0.2, -0.15) is 0 Å². The summed E-state index contributed by atoms with van der Waals surface area (Å²) in [5, 5.41) is 8.54. The quantitative estimate of drug-likeness (QED) is 0.490. The van der Waals surface area contributed by atoms with Crippen molar-refractivity contribution in [1.29, 1.82) is 0 Å². The first-order valence-corrected chi connectivity index (χ1v) is 10.5. The third-order valence-electron chi connectivity index (χ3n) is 4.51. The van der Waals surface area contributed by atoms with Crippen molar-refractivity contribution in [1.82, 2.24) is 10.3 Å². The second kappa shape index (κ2) is 9.93. The Morgan fingerprint density at radius 1 is 0.933 bits per heavy atom. The molecule has 30 heavy (non-hydrogen) atoms. The van der Waals surface area contributed by atoms with Gasteiger partial charge in [0.15, 0.2) is 16.7 Å². The molecule has 0 fully saturated rings. The average Bonchev–Trinajstić information content (AvgIpc) is 3.18. The molecule has 6 nitrogen and oxygen atoms in total. The predicted octanol–water partition coefficient (Wildman–Crippen LogP) is 4.68. The maximum atomic E-state index is 12.2. The molecule has 0 aliphatic heterocycles. The van der Waals surface area contributed by atoms with Gasteiger partial charge in [-0.25, -0.2) is 4.98 Å². The summed E-state index contributed by atoms with van der Waals surface area (Å²) in [6.07, 6.45) is 0.319. The summed E-state index contributed by atoms with van der Waals surface area (Å²) in [6, 6.07) is 14.5. The normalized spacial score (nSPS) is 10.5. The van der Waals surface area contributed by atoms with Crippen LogP contribution in [0, 0.1) is 6.92 Å². The third kappa shape index (κ3) is 6.09. The average molecular weight is 422 g/mol. The molecule has 0 aliphatic rings. The zero-order valence-corrected chi connectivity index (χ0v) is 17.7. The Labute approximate surface area is 179 Å². The minimum Gasteiger partial charge on any atom is -0.350 e. The number of amides is 1. The Morgan fingerprint density at radius 2 is 1.60 bits per heavy atom. The second-order valence-corrected chi connectivity index (χ2v) is 7.83. The van der Waals surface area contributed by atoms with Crippen molar-refractivity contribution in [3.63, 3.8) is 0 Å². The van der Waals surface area contributed by atoms with E-state index in [2.05, 4.69) is 15.6 Å². The van der Waals surface area contributed by atoms with Crippen LogP contribution in [0.5, 0.6) is 0 Å². The fourth-order valence-electron chi connectivity index (χ4n) is 2.75. The number of carbonyl (C=O) groups is 3. The summed E-state index contributed by atoms with van der Waals surface area (Å²) >= 11 is 1.43. The van der Waals surface area contributed by atoms with Crippen LogP contribution in [-0.4, -0.2) is 22.5 Å². The van der Waals surface area contributed by atoms with Crippen LogP contribution < -0.4 is 10.6 Å². The highest BCUT2D eigenvalue weighted by molar-refractivity contribution is 7.13. The van der Waals surface area contributed by atoms with E-state index in [9.17, 15) is 14.4 Å². The van der Waals surface area contributed by atoms with Crippen LogP contribution in [0.25, 0.3) is 0 Å². The Morgan fingerprint density at radius 3 is 2.27 bits per heavy atom. The van der Waals surface area contributed by atoms with Crippen LogP contribution >= 0.6 is 11.3 Å². The maximum Gasteiger partial charge on any atom is 0.220 e. The van der Waals surface area contributed by atoms with Crippen LogP contribution in [0.15, 0.2) is 53.9 Å². The van der Waals surface area contributed by atoms with Crippen molar-refractivity contribution in [2.75, 3.05) is 5.32 Å². The molecule has 0 aliphatic carbocycles. The minimum absolute atomic E-state index is 0.0226. The second-order valence-electron chi connectivity index (χ2n) is 6.97. The van der Waals surface area contributed by atoms with E-state index in [-0.39, 0.29) is 30.3 Å². The monoisotopic (exact) mass is 421 g/mol. The van der Waals surface area contributed by atoms with Crippen LogP contribution in [0.4, 0.5) is 10.8 Å². The molecule has 1 heterocycles. The van der Waals surface area contributed by atoms with E-state index in [4.69, 9.17) is 0 Å². The zero-order chi connectivity index (χ0) is 21.5. The van der Waals surface area contributed by atoms with Gasteiger partial charge in [0.2, 0.25) is 5.91 Å². The van der Waals surface area contributed by atoms with Crippen molar-refractivity contribution in [2.24, 2.45) is 0 Å².